The fourth-order valence-electron chi connectivity index (χ4n) is 1.52. The van der Waals surface area contributed by atoms with Crippen molar-refractivity contribution in [1.29, 1.82) is 5.26 Å². The van der Waals surface area contributed by atoms with Crippen molar-refractivity contribution >= 4 is 29.6 Å². The molecule has 21 heavy (non-hydrogen) atoms. The van der Waals surface area contributed by atoms with Gasteiger partial charge in [0.05, 0.1) is 6.21 Å². The highest BCUT2D eigenvalue weighted by Gasteiger charge is 2.13. The maximum Gasteiger partial charge on any atom is 0.295 e. The molecule has 0 unspecified atom stereocenters. The molecule has 0 saturated heterocycles. The lowest BCUT2D eigenvalue weighted by molar-refractivity contribution is 0.814. The van der Waals surface area contributed by atoms with Gasteiger partial charge in [0.15, 0.2) is 11.4 Å². The third kappa shape index (κ3) is 3.00. The van der Waals surface area contributed by atoms with Crippen molar-refractivity contribution in [1.82, 2.24) is 9.66 Å². The number of nitrogens with one attached hydrogen (secondary N) is 1. The van der Waals surface area contributed by atoms with E-state index in [4.69, 9.17) is 28.4 Å². The number of nitrogen functional groups attached to an aromatic ring is 2. The quantitative estimate of drug-likeness (QED) is 0.429. The molecular weight excluding hydrogens is 294 g/mol. The standard InChI is InChI=1S/C12H10ClN7O/c13-8-3-1-7(2-4-8)6-17-20-11(21)9(5-14)10(19-16)18-12(20)15/h1-4,6,19H,16H2,(H2,15,18)/b17-6+. The summed E-state index contributed by atoms with van der Waals surface area (Å²) in [5, 5.41) is 13.5. The van der Waals surface area contributed by atoms with Crippen LogP contribution in [-0.4, -0.2) is 15.9 Å². The molecule has 0 aliphatic heterocycles. The molecule has 0 atom stereocenters. The molecule has 0 aliphatic carbocycles. The number of aromatic nitrogens is 2. The Labute approximate surface area is 124 Å². The Morgan fingerprint density at radius 3 is 2.67 bits per heavy atom. The van der Waals surface area contributed by atoms with Crippen LogP contribution in [0, 0.1) is 11.3 Å². The number of halogens is 1. The zero-order valence-corrected chi connectivity index (χ0v) is 11.4. The van der Waals surface area contributed by atoms with Crippen LogP contribution in [0.25, 0.3) is 0 Å². The van der Waals surface area contributed by atoms with Crippen molar-refractivity contribution in [3.05, 3.63) is 50.8 Å². The van der Waals surface area contributed by atoms with Gasteiger partial charge in [0.25, 0.3) is 5.56 Å². The van der Waals surface area contributed by atoms with Crippen molar-refractivity contribution in [2.24, 2.45) is 10.9 Å². The van der Waals surface area contributed by atoms with Crippen molar-refractivity contribution in [3.8, 4) is 6.07 Å². The van der Waals surface area contributed by atoms with E-state index in [-0.39, 0.29) is 17.3 Å². The highest BCUT2D eigenvalue weighted by Crippen LogP contribution is 2.09. The van der Waals surface area contributed by atoms with Crippen LogP contribution in [0.15, 0.2) is 34.2 Å². The Hall–Kier alpha value is -2.89. The lowest BCUT2D eigenvalue weighted by Crippen LogP contribution is -2.27. The number of nitrogens with two attached hydrogens (primary N) is 2. The molecular formula is C12H10ClN7O. The Bertz CT molecular complexity index is 789. The number of anilines is 2. The fraction of sp³-hybridized carbons (Fsp3) is 0. The van der Waals surface area contributed by atoms with E-state index >= 15 is 0 Å². The third-order valence-electron chi connectivity index (χ3n) is 2.53. The summed E-state index contributed by atoms with van der Waals surface area (Å²) in [5.41, 5.74) is 7.47. The van der Waals surface area contributed by atoms with Crippen LogP contribution in [0.1, 0.15) is 11.1 Å². The van der Waals surface area contributed by atoms with Gasteiger partial charge in [-0.2, -0.15) is 20.0 Å². The van der Waals surface area contributed by atoms with Crippen LogP contribution in [0.3, 0.4) is 0 Å². The minimum absolute atomic E-state index is 0.0991. The number of hydrazine groups is 1. The first-order valence-electron chi connectivity index (χ1n) is 5.66. The van der Waals surface area contributed by atoms with Crippen LogP contribution >= 0.6 is 11.6 Å². The minimum Gasteiger partial charge on any atom is -0.368 e. The summed E-state index contributed by atoms with van der Waals surface area (Å²) < 4.78 is 0.813. The second-order valence-electron chi connectivity index (χ2n) is 3.86. The molecule has 0 saturated carbocycles. The number of benzene rings is 1. The Kier molecular flexibility index (Phi) is 4.18. The molecule has 0 spiro atoms. The van der Waals surface area contributed by atoms with Gasteiger partial charge in [-0.15, -0.1) is 0 Å². The molecule has 2 rings (SSSR count). The molecule has 1 aromatic carbocycles. The lowest BCUT2D eigenvalue weighted by Gasteiger charge is -2.06. The van der Waals surface area contributed by atoms with E-state index in [1.807, 2.05) is 0 Å². The number of hydrogen-bond acceptors (Lipinski definition) is 7. The van der Waals surface area contributed by atoms with Crippen LogP contribution in [-0.2, 0) is 0 Å². The molecule has 0 aliphatic rings. The Morgan fingerprint density at radius 1 is 1.43 bits per heavy atom. The van der Waals surface area contributed by atoms with Crippen molar-refractivity contribution in [2.45, 2.75) is 0 Å². The van der Waals surface area contributed by atoms with Gasteiger partial charge in [-0.25, -0.2) is 5.84 Å². The maximum atomic E-state index is 12.1. The van der Waals surface area contributed by atoms with E-state index in [1.165, 1.54) is 6.21 Å². The van der Waals surface area contributed by atoms with Crippen molar-refractivity contribution < 1.29 is 0 Å². The maximum absolute atomic E-state index is 12.1. The molecule has 0 fully saturated rings. The van der Waals surface area contributed by atoms with Gasteiger partial charge in [0.1, 0.15) is 6.07 Å². The molecule has 0 bridgehead atoms. The van der Waals surface area contributed by atoms with Crippen molar-refractivity contribution in [2.75, 3.05) is 11.2 Å². The number of hydrogen-bond donors (Lipinski definition) is 3. The van der Waals surface area contributed by atoms with Gasteiger partial charge in [0, 0.05) is 5.02 Å². The average Bonchev–Trinajstić information content (AvgIpc) is 2.48. The van der Waals surface area contributed by atoms with Crippen LogP contribution in [0.2, 0.25) is 5.02 Å². The zero-order valence-electron chi connectivity index (χ0n) is 10.6. The molecule has 106 valence electrons. The summed E-state index contributed by atoms with van der Waals surface area (Å²) >= 11 is 5.77. The normalized spacial score (nSPS) is 10.5. The third-order valence-corrected chi connectivity index (χ3v) is 2.78. The summed E-state index contributed by atoms with van der Waals surface area (Å²) in [4.78, 5) is 15.9. The molecule has 0 radical (unpaired) electrons. The summed E-state index contributed by atoms with van der Waals surface area (Å²) in [6.07, 6.45) is 1.40. The highest BCUT2D eigenvalue weighted by atomic mass is 35.5. The van der Waals surface area contributed by atoms with Crippen molar-refractivity contribution in [3.63, 3.8) is 0 Å². The van der Waals surface area contributed by atoms with Gasteiger partial charge < -0.3 is 11.2 Å². The monoisotopic (exact) mass is 303 g/mol. The highest BCUT2D eigenvalue weighted by molar-refractivity contribution is 6.30. The molecule has 1 aromatic heterocycles. The number of rotatable bonds is 3. The second kappa shape index (κ2) is 6.04. The fourth-order valence-corrected chi connectivity index (χ4v) is 1.65. The van der Waals surface area contributed by atoms with Crippen LogP contribution in [0.5, 0.6) is 0 Å². The first-order chi connectivity index (χ1) is 10.1. The number of nitrogens with zero attached hydrogens (tertiary/aromatic N) is 4. The van der Waals surface area contributed by atoms with Gasteiger partial charge in [0.2, 0.25) is 5.95 Å². The second-order valence-corrected chi connectivity index (χ2v) is 4.30. The Balaban J connectivity index is 2.48. The first kappa shape index (κ1) is 14.5. The SMILES string of the molecule is N#Cc1c(NN)nc(N)n(/N=C/c2ccc(Cl)cc2)c1=O. The number of nitriles is 1. The van der Waals surface area contributed by atoms with E-state index in [9.17, 15) is 4.79 Å². The summed E-state index contributed by atoms with van der Waals surface area (Å²) in [6, 6.07) is 8.47. The zero-order chi connectivity index (χ0) is 15.4. The van der Waals surface area contributed by atoms with E-state index in [0.717, 1.165) is 4.68 Å². The molecule has 8 nitrogen and oxygen atoms in total. The summed E-state index contributed by atoms with van der Waals surface area (Å²) in [6.45, 7) is 0. The predicted molar refractivity (Wildman–Crippen MR) is 79.9 cm³/mol. The van der Waals surface area contributed by atoms with Crippen LogP contribution < -0.4 is 22.6 Å². The minimum atomic E-state index is -0.719. The topological polar surface area (TPSA) is 135 Å². The molecule has 2 aromatic rings. The summed E-state index contributed by atoms with van der Waals surface area (Å²) in [7, 11) is 0. The van der Waals surface area contributed by atoms with Gasteiger partial charge >= 0.3 is 0 Å². The van der Waals surface area contributed by atoms with E-state index in [1.54, 1.807) is 30.3 Å². The largest absolute Gasteiger partial charge is 0.368 e. The molecule has 9 heteroatoms. The lowest BCUT2D eigenvalue weighted by atomic mass is 10.2. The molecule has 0 amide bonds. The smallest absolute Gasteiger partial charge is 0.295 e. The van der Waals surface area contributed by atoms with Gasteiger partial charge in [-0.1, -0.05) is 23.7 Å². The molecule has 1 heterocycles. The first-order valence-corrected chi connectivity index (χ1v) is 6.03. The predicted octanol–water partition coefficient (Wildman–Crippen LogP) is 0.518. The van der Waals surface area contributed by atoms with Gasteiger partial charge in [-0.3, -0.25) is 4.79 Å². The van der Waals surface area contributed by atoms with E-state index in [0.29, 0.717) is 10.6 Å². The summed E-state index contributed by atoms with van der Waals surface area (Å²) in [5.74, 6) is 4.88. The van der Waals surface area contributed by atoms with E-state index < -0.39 is 5.56 Å². The average molecular weight is 304 g/mol. The Morgan fingerprint density at radius 2 is 2.10 bits per heavy atom. The van der Waals surface area contributed by atoms with Crippen LogP contribution in [0.4, 0.5) is 11.8 Å². The molecule has 5 N–H and O–H groups in total. The van der Waals surface area contributed by atoms with Gasteiger partial charge in [-0.05, 0) is 17.7 Å². The van der Waals surface area contributed by atoms with E-state index in [2.05, 4.69) is 15.5 Å².